The van der Waals surface area contributed by atoms with Gasteiger partial charge in [0.15, 0.2) is 0 Å². The number of rotatable bonds is 6. The summed E-state index contributed by atoms with van der Waals surface area (Å²) in [5.41, 5.74) is 2.08. The van der Waals surface area contributed by atoms with E-state index in [1.807, 2.05) is 18.2 Å². The Morgan fingerprint density at radius 1 is 1.06 bits per heavy atom. The molecule has 0 aliphatic rings. The highest BCUT2D eigenvalue weighted by Gasteiger charge is 1.98. The summed E-state index contributed by atoms with van der Waals surface area (Å²) in [4.78, 5) is 4.62. The molecular weight excluding hydrogens is 218 g/mol. The molecule has 0 radical (unpaired) electrons. The van der Waals surface area contributed by atoms with Crippen molar-refractivity contribution in [1.29, 1.82) is 0 Å². The van der Waals surface area contributed by atoms with Crippen molar-refractivity contribution in [3.05, 3.63) is 35.9 Å². The van der Waals surface area contributed by atoms with Crippen LogP contribution in [0.5, 0.6) is 0 Å². The van der Waals surface area contributed by atoms with Crippen LogP contribution in [0.3, 0.4) is 0 Å². The van der Waals surface area contributed by atoms with Gasteiger partial charge in [-0.2, -0.15) is 0 Å². The average molecular weight is 241 g/mol. The van der Waals surface area contributed by atoms with E-state index in [0.717, 1.165) is 30.7 Å². The van der Waals surface area contributed by atoms with Gasteiger partial charge in [-0.15, -0.1) is 0 Å². The summed E-state index contributed by atoms with van der Waals surface area (Å²) in [6.45, 7) is 5.25. The van der Waals surface area contributed by atoms with E-state index in [9.17, 15) is 0 Å². The van der Waals surface area contributed by atoms with E-state index in [2.05, 4.69) is 42.8 Å². The molecule has 0 saturated heterocycles. The molecule has 0 atom stereocenters. The van der Waals surface area contributed by atoms with Gasteiger partial charge in [-0.05, 0) is 18.8 Å². The van der Waals surface area contributed by atoms with Crippen LogP contribution in [0.15, 0.2) is 35.3 Å². The van der Waals surface area contributed by atoms with Gasteiger partial charge >= 0.3 is 0 Å². The predicted octanol–water partition coefficient (Wildman–Crippen LogP) is 4.47. The van der Waals surface area contributed by atoms with Gasteiger partial charge in [0.1, 0.15) is 5.71 Å². The Bertz CT molecular complexity index is 406. The number of hydrogen-bond acceptors (Lipinski definition) is 1. The normalized spacial score (nSPS) is 10.9. The summed E-state index contributed by atoms with van der Waals surface area (Å²) in [6, 6.07) is 10.3. The molecule has 1 aromatic rings. The monoisotopic (exact) mass is 241 g/mol. The molecule has 0 fully saturated rings. The molecule has 0 saturated carbocycles. The van der Waals surface area contributed by atoms with Crippen LogP contribution >= 0.6 is 0 Å². The predicted molar refractivity (Wildman–Crippen MR) is 80.1 cm³/mol. The van der Waals surface area contributed by atoms with E-state index >= 15 is 0 Å². The van der Waals surface area contributed by atoms with Crippen LogP contribution in [0.25, 0.3) is 0 Å². The average Bonchev–Trinajstić information content (AvgIpc) is 2.42. The Hall–Kier alpha value is -1.55. The zero-order valence-corrected chi connectivity index (χ0v) is 11.6. The van der Waals surface area contributed by atoms with Crippen LogP contribution in [-0.4, -0.2) is 12.3 Å². The van der Waals surface area contributed by atoms with Crippen LogP contribution in [0, 0.1) is 11.8 Å². The number of benzene rings is 1. The van der Waals surface area contributed by atoms with Crippen LogP contribution in [0.1, 0.15) is 51.5 Å². The number of unbranched alkanes of at least 4 members (excludes halogenated alkanes) is 3. The molecule has 0 aliphatic carbocycles. The summed E-state index contributed by atoms with van der Waals surface area (Å²) >= 11 is 0. The maximum absolute atomic E-state index is 4.62. The summed E-state index contributed by atoms with van der Waals surface area (Å²) < 4.78 is 0. The number of nitrogens with zero attached hydrogens (tertiary/aromatic N) is 1. The first-order chi connectivity index (χ1) is 8.88. The smallest absolute Gasteiger partial charge is 0.114 e. The highest BCUT2D eigenvalue weighted by molar-refractivity contribution is 6.12. The van der Waals surface area contributed by atoms with Gasteiger partial charge in [-0.25, -0.2) is 0 Å². The van der Waals surface area contributed by atoms with E-state index in [-0.39, 0.29) is 0 Å². The van der Waals surface area contributed by atoms with Crippen molar-refractivity contribution in [1.82, 2.24) is 0 Å². The highest BCUT2D eigenvalue weighted by atomic mass is 14.7. The molecule has 0 aliphatic heterocycles. The summed E-state index contributed by atoms with van der Waals surface area (Å²) in [5.74, 6) is 6.46. The third kappa shape index (κ3) is 5.68. The molecule has 1 nitrogen and oxygen atoms in total. The van der Waals surface area contributed by atoms with Crippen LogP contribution in [0.2, 0.25) is 0 Å². The fraction of sp³-hybridized carbons (Fsp3) is 0.471. The van der Waals surface area contributed by atoms with Crippen molar-refractivity contribution in [2.45, 2.75) is 46.0 Å². The third-order valence-corrected chi connectivity index (χ3v) is 2.69. The van der Waals surface area contributed by atoms with Crippen molar-refractivity contribution < 1.29 is 0 Å². The van der Waals surface area contributed by atoms with Crippen molar-refractivity contribution in [3.8, 4) is 11.8 Å². The molecule has 0 unspecified atom stereocenters. The molecule has 18 heavy (non-hydrogen) atoms. The molecule has 0 N–H and O–H groups in total. The van der Waals surface area contributed by atoms with Crippen molar-refractivity contribution in [2.75, 3.05) is 6.54 Å². The molecule has 0 aromatic heterocycles. The molecule has 1 rings (SSSR count). The summed E-state index contributed by atoms with van der Waals surface area (Å²) in [7, 11) is 0. The third-order valence-electron chi connectivity index (χ3n) is 2.69. The van der Waals surface area contributed by atoms with Crippen LogP contribution in [-0.2, 0) is 0 Å². The second-order valence-electron chi connectivity index (χ2n) is 4.36. The standard InChI is InChI=1S/C17H23N/c1-3-5-7-11-14-17(18-15-6-4-2)16-12-9-8-10-13-16/h8-10,12-13H,3-7,15H2,1-2H3. The molecule has 0 spiro atoms. The van der Waals surface area contributed by atoms with Gasteiger partial charge in [-0.3, -0.25) is 4.99 Å². The topological polar surface area (TPSA) is 12.4 Å². The Morgan fingerprint density at radius 2 is 1.78 bits per heavy atom. The van der Waals surface area contributed by atoms with E-state index < -0.39 is 0 Å². The molecule has 0 bridgehead atoms. The van der Waals surface area contributed by atoms with Crippen LogP contribution < -0.4 is 0 Å². The fourth-order valence-electron chi connectivity index (χ4n) is 1.56. The Labute approximate surface area is 111 Å². The Morgan fingerprint density at radius 3 is 2.44 bits per heavy atom. The lowest BCUT2D eigenvalue weighted by Crippen LogP contribution is -1.99. The number of hydrogen-bond donors (Lipinski definition) is 0. The lowest BCUT2D eigenvalue weighted by Gasteiger charge is -1.99. The minimum absolute atomic E-state index is 0.878. The second kappa shape index (κ2) is 9.48. The van der Waals surface area contributed by atoms with E-state index in [1.165, 1.54) is 19.3 Å². The first-order valence-electron chi connectivity index (χ1n) is 6.97. The van der Waals surface area contributed by atoms with Crippen molar-refractivity contribution in [3.63, 3.8) is 0 Å². The Kier molecular flexibility index (Phi) is 7.64. The summed E-state index contributed by atoms with van der Waals surface area (Å²) in [6.07, 6.45) is 5.64. The Balaban J connectivity index is 2.74. The van der Waals surface area contributed by atoms with E-state index in [4.69, 9.17) is 0 Å². The minimum atomic E-state index is 0.878. The lowest BCUT2D eigenvalue weighted by molar-refractivity contribution is 0.809. The maximum Gasteiger partial charge on any atom is 0.114 e. The van der Waals surface area contributed by atoms with E-state index in [0.29, 0.717) is 0 Å². The van der Waals surface area contributed by atoms with Gasteiger partial charge in [0.05, 0.1) is 0 Å². The molecule has 0 heterocycles. The molecule has 0 amide bonds. The highest BCUT2D eigenvalue weighted by Crippen LogP contribution is 2.02. The molecule has 1 aromatic carbocycles. The zero-order valence-electron chi connectivity index (χ0n) is 11.6. The van der Waals surface area contributed by atoms with Gasteiger partial charge in [0, 0.05) is 18.5 Å². The van der Waals surface area contributed by atoms with Crippen LogP contribution in [0.4, 0.5) is 0 Å². The quantitative estimate of drug-likeness (QED) is 0.396. The minimum Gasteiger partial charge on any atom is -0.276 e. The number of aliphatic imine (C=N–C) groups is 1. The van der Waals surface area contributed by atoms with Crippen molar-refractivity contribution >= 4 is 5.71 Å². The van der Waals surface area contributed by atoms with Gasteiger partial charge < -0.3 is 0 Å². The molecule has 96 valence electrons. The lowest BCUT2D eigenvalue weighted by atomic mass is 10.1. The first-order valence-corrected chi connectivity index (χ1v) is 6.97. The maximum atomic E-state index is 4.62. The van der Waals surface area contributed by atoms with Gasteiger partial charge in [0.2, 0.25) is 0 Å². The van der Waals surface area contributed by atoms with Gasteiger partial charge in [-0.1, -0.05) is 62.9 Å². The van der Waals surface area contributed by atoms with E-state index in [1.54, 1.807) is 0 Å². The second-order valence-corrected chi connectivity index (χ2v) is 4.36. The SMILES string of the molecule is CCCCC#CC(=NCCCC)c1ccccc1. The molecular formula is C17H23N. The largest absolute Gasteiger partial charge is 0.276 e. The summed E-state index contributed by atoms with van der Waals surface area (Å²) in [5, 5.41) is 0. The fourth-order valence-corrected chi connectivity index (χ4v) is 1.56. The first kappa shape index (κ1) is 14.5. The molecule has 1 heteroatoms. The van der Waals surface area contributed by atoms with Crippen molar-refractivity contribution in [2.24, 2.45) is 4.99 Å². The zero-order chi connectivity index (χ0) is 13.1. The van der Waals surface area contributed by atoms with Gasteiger partial charge in [0.25, 0.3) is 0 Å².